The van der Waals surface area contributed by atoms with E-state index < -0.39 is 28.5 Å². The number of methoxy groups -OCH3 is 1. The molecular weight excluding hydrogens is 502 g/mol. The average Bonchev–Trinajstić information content (AvgIpc) is 2.92. The molecule has 0 aliphatic heterocycles. The van der Waals surface area contributed by atoms with E-state index in [0.29, 0.717) is 12.2 Å². The minimum absolute atomic E-state index is 0.0528. The van der Waals surface area contributed by atoms with E-state index in [4.69, 9.17) is 4.74 Å². The van der Waals surface area contributed by atoms with E-state index >= 15 is 0 Å². The van der Waals surface area contributed by atoms with Crippen molar-refractivity contribution in [3.8, 4) is 5.75 Å². The molecule has 0 unspecified atom stereocenters. The van der Waals surface area contributed by atoms with Crippen molar-refractivity contribution in [3.63, 3.8) is 0 Å². The topological polar surface area (TPSA) is 96.0 Å². The Balaban J connectivity index is 1.98. The van der Waals surface area contributed by atoms with Crippen LogP contribution in [-0.2, 0) is 26.0 Å². The highest BCUT2D eigenvalue weighted by Gasteiger charge is 2.32. The Morgan fingerprint density at radius 3 is 2.13 bits per heavy atom. The molecule has 1 N–H and O–H groups in total. The molecule has 3 aromatic rings. The lowest BCUT2D eigenvalue weighted by Crippen LogP contribution is -2.53. The van der Waals surface area contributed by atoms with Gasteiger partial charge in [0.25, 0.3) is 10.0 Å². The first-order valence-corrected chi connectivity index (χ1v) is 13.9. The summed E-state index contributed by atoms with van der Waals surface area (Å²) in [5.41, 5.74) is 1.28. The van der Waals surface area contributed by atoms with Gasteiger partial charge in [-0.1, -0.05) is 54.6 Å². The predicted molar refractivity (Wildman–Crippen MR) is 149 cm³/mol. The zero-order valence-electron chi connectivity index (χ0n) is 22.2. The van der Waals surface area contributed by atoms with Crippen molar-refractivity contribution < 1.29 is 22.7 Å². The van der Waals surface area contributed by atoms with E-state index in [1.54, 1.807) is 49.4 Å². The third kappa shape index (κ3) is 7.35. The van der Waals surface area contributed by atoms with Crippen LogP contribution in [0.2, 0.25) is 0 Å². The Morgan fingerprint density at radius 2 is 1.53 bits per heavy atom. The second kappa shape index (κ2) is 13.1. The highest BCUT2D eigenvalue weighted by molar-refractivity contribution is 7.92. The van der Waals surface area contributed by atoms with Gasteiger partial charge in [-0.05, 0) is 57.0 Å². The smallest absolute Gasteiger partial charge is 0.264 e. The van der Waals surface area contributed by atoms with Gasteiger partial charge in [0.1, 0.15) is 18.3 Å². The maximum Gasteiger partial charge on any atom is 0.264 e. The molecule has 38 heavy (non-hydrogen) atoms. The SMILES string of the molecule is COc1cccc(N(CC(=O)N(CCc2ccccc2)[C@@H](C)C(=O)NC(C)C)S(=O)(=O)c2ccccc2)c1. The first-order valence-electron chi connectivity index (χ1n) is 12.5. The number of sulfonamides is 1. The maximum absolute atomic E-state index is 13.8. The molecule has 3 aromatic carbocycles. The number of nitrogens with one attached hydrogen (secondary N) is 1. The number of carbonyl (C=O) groups is 2. The zero-order chi connectivity index (χ0) is 27.7. The highest BCUT2D eigenvalue weighted by atomic mass is 32.2. The molecule has 9 heteroatoms. The van der Waals surface area contributed by atoms with Gasteiger partial charge in [-0.25, -0.2) is 8.42 Å². The normalized spacial score (nSPS) is 12.0. The Bertz CT molecular complexity index is 1310. The summed E-state index contributed by atoms with van der Waals surface area (Å²) >= 11 is 0. The summed E-state index contributed by atoms with van der Waals surface area (Å²) in [6.07, 6.45) is 0.510. The van der Waals surface area contributed by atoms with Gasteiger partial charge in [0.05, 0.1) is 17.7 Å². The molecule has 2 amide bonds. The molecule has 0 spiro atoms. The summed E-state index contributed by atoms with van der Waals surface area (Å²) in [5, 5.41) is 2.85. The van der Waals surface area contributed by atoms with Gasteiger partial charge in [0.15, 0.2) is 0 Å². The fourth-order valence-electron chi connectivity index (χ4n) is 3.99. The summed E-state index contributed by atoms with van der Waals surface area (Å²) in [6.45, 7) is 5.10. The summed E-state index contributed by atoms with van der Waals surface area (Å²) in [5.74, 6) is -0.344. The van der Waals surface area contributed by atoms with Gasteiger partial charge in [0, 0.05) is 18.7 Å². The molecule has 8 nitrogen and oxygen atoms in total. The van der Waals surface area contributed by atoms with Gasteiger partial charge in [-0.2, -0.15) is 0 Å². The van der Waals surface area contributed by atoms with E-state index in [2.05, 4.69) is 5.32 Å². The second-order valence-electron chi connectivity index (χ2n) is 9.19. The lowest BCUT2D eigenvalue weighted by Gasteiger charge is -2.32. The molecule has 0 bridgehead atoms. The first kappa shape index (κ1) is 28.7. The van der Waals surface area contributed by atoms with Crippen LogP contribution in [0.25, 0.3) is 0 Å². The monoisotopic (exact) mass is 537 g/mol. The van der Waals surface area contributed by atoms with E-state index in [9.17, 15) is 18.0 Å². The fraction of sp³-hybridized carbons (Fsp3) is 0.310. The minimum Gasteiger partial charge on any atom is -0.497 e. The molecule has 0 aromatic heterocycles. The highest BCUT2D eigenvalue weighted by Crippen LogP contribution is 2.27. The van der Waals surface area contributed by atoms with Crippen molar-refractivity contribution in [1.29, 1.82) is 0 Å². The fourth-order valence-corrected chi connectivity index (χ4v) is 5.42. The zero-order valence-corrected chi connectivity index (χ0v) is 23.0. The first-order chi connectivity index (χ1) is 18.1. The van der Waals surface area contributed by atoms with Crippen molar-refractivity contribution in [2.24, 2.45) is 0 Å². The van der Waals surface area contributed by atoms with Gasteiger partial charge in [-0.15, -0.1) is 0 Å². The maximum atomic E-state index is 13.8. The largest absolute Gasteiger partial charge is 0.497 e. The number of ether oxygens (including phenoxy) is 1. The van der Waals surface area contributed by atoms with Crippen LogP contribution in [0.3, 0.4) is 0 Å². The number of carbonyl (C=O) groups excluding carboxylic acids is 2. The van der Waals surface area contributed by atoms with Crippen molar-refractivity contribution in [3.05, 3.63) is 90.5 Å². The van der Waals surface area contributed by atoms with E-state index in [-0.39, 0.29) is 29.1 Å². The summed E-state index contributed by atoms with van der Waals surface area (Å²) < 4.78 is 33.9. The van der Waals surface area contributed by atoms with Gasteiger partial charge in [0.2, 0.25) is 11.8 Å². The Morgan fingerprint density at radius 1 is 0.895 bits per heavy atom. The number of hydrogen-bond acceptors (Lipinski definition) is 5. The lowest BCUT2D eigenvalue weighted by atomic mass is 10.1. The summed E-state index contributed by atoms with van der Waals surface area (Å²) in [7, 11) is -2.62. The van der Waals surface area contributed by atoms with Crippen molar-refractivity contribution in [2.75, 3.05) is 24.5 Å². The summed E-state index contributed by atoms with van der Waals surface area (Å²) in [6, 6.07) is 23.2. The average molecular weight is 538 g/mol. The number of rotatable bonds is 12. The van der Waals surface area contributed by atoms with Crippen molar-refractivity contribution in [1.82, 2.24) is 10.2 Å². The number of benzene rings is 3. The van der Waals surface area contributed by atoms with Crippen molar-refractivity contribution in [2.45, 2.75) is 44.2 Å². The minimum atomic E-state index is -4.11. The molecule has 0 fully saturated rings. The molecule has 202 valence electrons. The van der Waals surface area contributed by atoms with Crippen LogP contribution in [0.15, 0.2) is 89.8 Å². The summed E-state index contributed by atoms with van der Waals surface area (Å²) in [4.78, 5) is 28.2. The van der Waals surface area contributed by atoms with Gasteiger partial charge >= 0.3 is 0 Å². The van der Waals surface area contributed by atoms with Crippen molar-refractivity contribution >= 4 is 27.5 Å². The molecule has 0 radical (unpaired) electrons. The molecular formula is C29H35N3O5S. The quantitative estimate of drug-likeness (QED) is 0.378. The third-order valence-electron chi connectivity index (χ3n) is 6.03. The van der Waals surface area contributed by atoms with Gasteiger partial charge in [-0.3, -0.25) is 13.9 Å². The van der Waals surface area contributed by atoms with Crippen LogP contribution in [-0.4, -0.2) is 57.4 Å². The number of nitrogens with zero attached hydrogens (tertiary/aromatic N) is 2. The molecule has 0 saturated carbocycles. The lowest BCUT2D eigenvalue weighted by molar-refractivity contribution is -0.139. The molecule has 1 atom stereocenters. The number of anilines is 1. The Kier molecular flexibility index (Phi) is 9.90. The van der Waals surface area contributed by atoms with Crippen LogP contribution in [0.4, 0.5) is 5.69 Å². The van der Waals surface area contributed by atoms with Crippen LogP contribution in [0, 0.1) is 0 Å². The van der Waals surface area contributed by atoms with Crippen LogP contribution in [0.1, 0.15) is 26.3 Å². The van der Waals surface area contributed by atoms with Crippen LogP contribution in [0.5, 0.6) is 5.75 Å². The Hall–Kier alpha value is -3.85. The van der Waals surface area contributed by atoms with Gasteiger partial charge < -0.3 is 15.0 Å². The molecule has 0 aliphatic carbocycles. The number of hydrogen-bond donors (Lipinski definition) is 1. The van der Waals surface area contributed by atoms with E-state index in [0.717, 1.165) is 9.87 Å². The molecule has 0 heterocycles. The molecule has 0 saturated heterocycles. The van der Waals surface area contributed by atoms with E-state index in [1.165, 1.54) is 24.1 Å². The number of amides is 2. The third-order valence-corrected chi connectivity index (χ3v) is 7.82. The standard InChI is InChI=1S/C29H35N3O5S/c1-22(2)30-29(34)23(3)31(19-18-24-12-7-5-8-13-24)28(33)21-32(25-14-11-15-26(20-25)37-4)38(35,36)27-16-9-6-10-17-27/h5-17,20,22-23H,18-19,21H2,1-4H3,(H,30,34)/t23-/m0/s1. The second-order valence-corrected chi connectivity index (χ2v) is 11.1. The molecule has 0 aliphatic rings. The van der Waals surface area contributed by atoms with Crippen LogP contribution < -0.4 is 14.4 Å². The Labute approximate surface area is 225 Å². The van der Waals surface area contributed by atoms with E-state index in [1.807, 2.05) is 44.2 Å². The molecule has 3 rings (SSSR count). The predicted octanol–water partition coefficient (Wildman–Crippen LogP) is 3.87. The van der Waals surface area contributed by atoms with Crippen LogP contribution >= 0.6 is 0 Å².